The van der Waals surface area contributed by atoms with Crippen molar-refractivity contribution in [1.29, 1.82) is 0 Å². The zero-order valence-corrected chi connectivity index (χ0v) is 9.04. The van der Waals surface area contributed by atoms with E-state index in [-0.39, 0.29) is 17.1 Å². The molecule has 1 heterocycles. The van der Waals surface area contributed by atoms with Crippen LogP contribution in [-0.2, 0) is 0 Å². The Bertz CT molecular complexity index is 590. The number of nitrogens with zero attached hydrogens (tertiary/aromatic N) is 2. The summed E-state index contributed by atoms with van der Waals surface area (Å²) in [5, 5.41) is 20.6. The average Bonchev–Trinajstić information content (AvgIpc) is 2.76. The lowest BCUT2D eigenvalue weighted by Crippen LogP contribution is -2.14. The number of carboxylic acids is 1. The topological polar surface area (TPSA) is 134 Å². The Morgan fingerprint density at radius 2 is 1.89 bits per heavy atom. The third kappa shape index (κ3) is 2.26. The molecular weight excluding hydrogens is 238 g/mol. The molecular formula is C10H9N5O3. The van der Waals surface area contributed by atoms with Crippen LogP contribution in [0.15, 0.2) is 24.3 Å². The zero-order chi connectivity index (χ0) is 13.1. The second-order valence-electron chi connectivity index (χ2n) is 3.39. The normalized spacial score (nSPS) is 10.0. The molecule has 0 saturated carbocycles. The molecule has 0 atom stereocenters. The van der Waals surface area contributed by atoms with E-state index < -0.39 is 11.9 Å². The fraction of sp³-hybridized carbons (Fsp3) is 0. The number of amides is 1. The zero-order valence-electron chi connectivity index (χ0n) is 9.04. The van der Waals surface area contributed by atoms with E-state index in [1.807, 2.05) is 0 Å². The molecule has 0 saturated heterocycles. The van der Waals surface area contributed by atoms with E-state index in [4.69, 9.17) is 10.8 Å². The van der Waals surface area contributed by atoms with E-state index in [9.17, 15) is 9.59 Å². The number of aromatic amines is 1. The molecule has 1 aromatic heterocycles. The van der Waals surface area contributed by atoms with Crippen LogP contribution in [0.5, 0.6) is 0 Å². The molecule has 0 radical (unpaired) electrons. The van der Waals surface area contributed by atoms with Crippen molar-refractivity contribution in [3.05, 3.63) is 35.5 Å². The Morgan fingerprint density at radius 3 is 2.39 bits per heavy atom. The predicted molar refractivity (Wildman–Crippen MR) is 62.1 cm³/mol. The minimum atomic E-state index is -1.03. The molecule has 0 bridgehead atoms. The second kappa shape index (κ2) is 4.53. The van der Waals surface area contributed by atoms with E-state index in [0.29, 0.717) is 5.69 Å². The van der Waals surface area contributed by atoms with Crippen LogP contribution in [0.25, 0.3) is 0 Å². The van der Waals surface area contributed by atoms with E-state index in [1.54, 1.807) is 0 Å². The Balaban J connectivity index is 2.13. The number of hydrogen-bond acceptors (Lipinski definition) is 5. The molecule has 8 heteroatoms. The lowest BCUT2D eigenvalue weighted by atomic mass is 10.2. The third-order valence-electron chi connectivity index (χ3n) is 2.18. The monoisotopic (exact) mass is 247 g/mol. The molecule has 18 heavy (non-hydrogen) atoms. The number of aromatic nitrogens is 3. The quantitative estimate of drug-likeness (QED) is 0.617. The van der Waals surface area contributed by atoms with Gasteiger partial charge in [0.1, 0.15) is 0 Å². The van der Waals surface area contributed by atoms with Crippen LogP contribution in [0, 0.1) is 0 Å². The summed E-state index contributed by atoms with van der Waals surface area (Å²) >= 11 is 0. The van der Waals surface area contributed by atoms with Crippen molar-refractivity contribution in [2.75, 3.05) is 11.1 Å². The number of carboxylic acid groups (broad SMARTS) is 1. The summed E-state index contributed by atoms with van der Waals surface area (Å²) in [5.74, 6) is -1.56. The van der Waals surface area contributed by atoms with Crippen LogP contribution in [0.4, 0.5) is 11.5 Å². The van der Waals surface area contributed by atoms with Gasteiger partial charge in [0.15, 0.2) is 11.5 Å². The summed E-state index contributed by atoms with van der Waals surface area (Å²) in [5.41, 5.74) is 5.97. The van der Waals surface area contributed by atoms with Gasteiger partial charge in [-0.2, -0.15) is 5.21 Å². The molecule has 0 aliphatic rings. The Kier molecular flexibility index (Phi) is 2.92. The van der Waals surface area contributed by atoms with Gasteiger partial charge in [-0.3, -0.25) is 4.79 Å². The van der Waals surface area contributed by atoms with E-state index in [1.165, 1.54) is 24.3 Å². The summed E-state index contributed by atoms with van der Waals surface area (Å²) in [6.45, 7) is 0. The maximum absolute atomic E-state index is 11.7. The molecule has 0 unspecified atom stereocenters. The van der Waals surface area contributed by atoms with Gasteiger partial charge in [0.05, 0.1) is 5.56 Å². The van der Waals surface area contributed by atoms with Gasteiger partial charge in [-0.1, -0.05) is 0 Å². The maximum Gasteiger partial charge on any atom is 0.335 e. The summed E-state index contributed by atoms with van der Waals surface area (Å²) in [6, 6.07) is 5.70. The van der Waals surface area contributed by atoms with Crippen molar-refractivity contribution in [2.45, 2.75) is 0 Å². The first-order chi connectivity index (χ1) is 8.58. The highest BCUT2D eigenvalue weighted by Gasteiger charge is 2.14. The van der Waals surface area contributed by atoms with Crippen LogP contribution in [0.1, 0.15) is 20.8 Å². The van der Waals surface area contributed by atoms with Crippen molar-refractivity contribution in [1.82, 2.24) is 15.4 Å². The van der Waals surface area contributed by atoms with Gasteiger partial charge < -0.3 is 16.2 Å². The fourth-order valence-corrected chi connectivity index (χ4v) is 1.29. The molecule has 0 aliphatic heterocycles. The van der Waals surface area contributed by atoms with Gasteiger partial charge in [0.25, 0.3) is 5.91 Å². The van der Waals surface area contributed by atoms with E-state index >= 15 is 0 Å². The van der Waals surface area contributed by atoms with Gasteiger partial charge >= 0.3 is 5.97 Å². The lowest BCUT2D eigenvalue weighted by Gasteiger charge is -2.03. The number of aromatic carboxylic acids is 1. The Morgan fingerprint density at radius 1 is 1.22 bits per heavy atom. The highest BCUT2D eigenvalue weighted by Crippen LogP contribution is 2.12. The second-order valence-corrected chi connectivity index (χ2v) is 3.39. The molecule has 1 amide bonds. The number of nitrogen functional groups attached to an aromatic ring is 1. The molecule has 92 valence electrons. The smallest absolute Gasteiger partial charge is 0.335 e. The lowest BCUT2D eigenvalue weighted by molar-refractivity contribution is 0.0696. The summed E-state index contributed by atoms with van der Waals surface area (Å²) in [6.07, 6.45) is 0. The van der Waals surface area contributed by atoms with Crippen LogP contribution in [-0.4, -0.2) is 32.4 Å². The van der Waals surface area contributed by atoms with E-state index in [0.717, 1.165) is 0 Å². The number of rotatable bonds is 3. The first-order valence-corrected chi connectivity index (χ1v) is 4.89. The maximum atomic E-state index is 11.7. The molecule has 1 aromatic carbocycles. The highest BCUT2D eigenvalue weighted by molar-refractivity contribution is 6.05. The largest absolute Gasteiger partial charge is 0.478 e. The van der Waals surface area contributed by atoms with Gasteiger partial charge in [-0.15, -0.1) is 10.2 Å². The fourth-order valence-electron chi connectivity index (χ4n) is 1.29. The first-order valence-electron chi connectivity index (χ1n) is 4.89. The third-order valence-corrected chi connectivity index (χ3v) is 2.18. The van der Waals surface area contributed by atoms with Gasteiger partial charge in [0, 0.05) is 5.69 Å². The number of anilines is 2. The molecule has 0 fully saturated rings. The summed E-state index contributed by atoms with van der Waals surface area (Å²) in [7, 11) is 0. The van der Waals surface area contributed by atoms with Crippen LogP contribution < -0.4 is 11.1 Å². The standard InChI is InChI=1S/C10H9N5O3/c11-8-7(13-15-14-8)9(16)12-6-3-1-5(2-4-6)10(17)18/h1-4H,(H,12,16)(H,17,18)(H3,11,13,14,15). The van der Waals surface area contributed by atoms with Gasteiger partial charge in [-0.05, 0) is 24.3 Å². The number of carbonyl (C=O) groups excluding carboxylic acids is 1. The summed E-state index contributed by atoms with van der Waals surface area (Å²) < 4.78 is 0. The minimum absolute atomic E-state index is 0.00495. The van der Waals surface area contributed by atoms with Crippen molar-refractivity contribution in [3.63, 3.8) is 0 Å². The minimum Gasteiger partial charge on any atom is -0.478 e. The average molecular weight is 247 g/mol. The number of H-pyrrole nitrogens is 1. The molecule has 0 aliphatic carbocycles. The van der Waals surface area contributed by atoms with Crippen molar-refractivity contribution < 1.29 is 14.7 Å². The molecule has 2 rings (SSSR count). The van der Waals surface area contributed by atoms with Crippen LogP contribution in [0.3, 0.4) is 0 Å². The predicted octanol–water partition coefficient (Wildman–Crippen LogP) is 0.337. The number of hydrogen-bond donors (Lipinski definition) is 4. The van der Waals surface area contributed by atoms with Gasteiger partial charge in [0.2, 0.25) is 0 Å². The SMILES string of the molecule is Nc1n[nH]nc1C(=O)Nc1ccc(C(=O)O)cc1. The number of nitrogens with two attached hydrogens (primary N) is 1. The van der Waals surface area contributed by atoms with E-state index in [2.05, 4.69) is 20.7 Å². The molecule has 0 spiro atoms. The Hall–Kier alpha value is -2.90. The molecule has 8 nitrogen and oxygen atoms in total. The van der Waals surface area contributed by atoms with Gasteiger partial charge in [-0.25, -0.2) is 4.79 Å². The highest BCUT2D eigenvalue weighted by atomic mass is 16.4. The summed E-state index contributed by atoms with van der Waals surface area (Å²) in [4.78, 5) is 22.3. The number of nitrogens with one attached hydrogen (secondary N) is 2. The first kappa shape index (κ1) is 11.6. The van der Waals surface area contributed by atoms with Crippen molar-refractivity contribution in [3.8, 4) is 0 Å². The number of carbonyl (C=O) groups is 2. The molecule has 2 aromatic rings. The van der Waals surface area contributed by atoms with Crippen molar-refractivity contribution >= 4 is 23.4 Å². The van der Waals surface area contributed by atoms with Crippen LogP contribution >= 0.6 is 0 Å². The molecule has 5 N–H and O–H groups in total. The number of benzene rings is 1. The van der Waals surface area contributed by atoms with Crippen LogP contribution in [0.2, 0.25) is 0 Å². The Labute approximate surface area is 101 Å². The van der Waals surface area contributed by atoms with Crippen molar-refractivity contribution in [2.24, 2.45) is 0 Å².